The largest absolute Gasteiger partial charge is 0.366 e. The molecule has 0 bridgehead atoms. The Hall–Kier alpha value is -1.08. The summed E-state index contributed by atoms with van der Waals surface area (Å²) in [5.74, 6) is 2.63. The summed E-state index contributed by atoms with van der Waals surface area (Å²) in [4.78, 5) is 0. The smallest absolute Gasteiger partial charge is 0.113 e. The van der Waals surface area contributed by atoms with Crippen molar-refractivity contribution >= 4 is 0 Å². The van der Waals surface area contributed by atoms with Crippen molar-refractivity contribution in [2.45, 2.75) is 92.4 Å². The number of rotatable bonds is 16. The number of allylic oxidation sites excluding steroid dienone is 1. The van der Waals surface area contributed by atoms with Crippen LogP contribution >= 0.6 is 0 Å². The Balaban J connectivity index is 2.01. The lowest BCUT2D eigenvalue weighted by molar-refractivity contribution is 0.247. The van der Waals surface area contributed by atoms with Crippen LogP contribution in [0.4, 0.5) is 0 Å². The minimum absolute atomic E-state index is 0.672. The second-order valence-corrected chi connectivity index (χ2v) is 9.27. The first-order valence-electron chi connectivity index (χ1n) is 11.6. The van der Waals surface area contributed by atoms with Crippen molar-refractivity contribution in [2.24, 2.45) is 17.8 Å². The summed E-state index contributed by atoms with van der Waals surface area (Å²) in [6, 6.07) is 10.2. The molecule has 1 aromatic rings. The Kier molecular flexibility index (Phi) is 14.1. The summed E-state index contributed by atoms with van der Waals surface area (Å²) >= 11 is 0. The zero-order valence-corrected chi connectivity index (χ0v) is 19.3. The van der Waals surface area contributed by atoms with E-state index in [-0.39, 0.29) is 0 Å². The molecule has 2 unspecified atom stereocenters. The summed E-state index contributed by atoms with van der Waals surface area (Å²) < 4.78 is 5.63. The molecule has 0 heterocycles. The molecule has 0 aliphatic rings. The van der Waals surface area contributed by atoms with Crippen LogP contribution in [0.1, 0.15) is 98.0 Å². The molecule has 1 rings (SSSR count). The molecule has 0 amide bonds. The van der Waals surface area contributed by atoms with Crippen molar-refractivity contribution in [2.75, 3.05) is 6.61 Å². The van der Waals surface area contributed by atoms with Gasteiger partial charge >= 0.3 is 0 Å². The highest BCUT2D eigenvalue weighted by molar-refractivity contribution is 5.19. The maximum absolute atomic E-state index is 5.63. The van der Waals surface area contributed by atoms with Gasteiger partial charge in [-0.25, -0.2) is 0 Å². The maximum atomic E-state index is 5.63. The van der Waals surface area contributed by atoms with E-state index in [0.29, 0.717) is 6.61 Å². The molecule has 1 heteroatoms. The van der Waals surface area contributed by atoms with Gasteiger partial charge in [0.25, 0.3) is 0 Å². The van der Waals surface area contributed by atoms with Gasteiger partial charge in [-0.05, 0) is 43.1 Å². The highest BCUT2D eigenvalue weighted by Gasteiger charge is 2.06. The van der Waals surface area contributed by atoms with Crippen LogP contribution in [0.2, 0.25) is 0 Å². The SMILES string of the molecule is CC(=CCO[CH]c1ccccc1)CCCC(C)CCCC(C)CCCC(C)C. The van der Waals surface area contributed by atoms with Crippen LogP contribution in [0.15, 0.2) is 42.0 Å². The third-order valence-electron chi connectivity index (χ3n) is 5.69. The standard InChI is InChI=1S/C27H45O/c1-23(2)12-9-13-24(3)14-10-15-25(4)16-11-17-26(5)20-21-28-22-27-18-7-6-8-19-27/h6-8,18-20,22-25H,9-17,21H2,1-5H3. The molecule has 0 fully saturated rings. The molecular formula is C27H45O. The fraction of sp³-hybridized carbons (Fsp3) is 0.667. The zero-order chi connectivity index (χ0) is 20.6. The summed E-state index contributed by atoms with van der Waals surface area (Å²) in [7, 11) is 0. The van der Waals surface area contributed by atoms with E-state index >= 15 is 0 Å². The van der Waals surface area contributed by atoms with Gasteiger partial charge in [-0.2, -0.15) is 0 Å². The Morgan fingerprint density at radius 1 is 0.821 bits per heavy atom. The Bertz CT molecular complexity index is 502. The van der Waals surface area contributed by atoms with Crippen molar-refractivity contribution in [3.63, 3.8) is 0 Å². The molecule has 0 N–H and O–H groups in total. The van der Waals surface area contributed by atoms with E-state index in [2.05, 4.69) is 52.8 Å². The Labute approximate surface area is 176 Å². The van der Waals surface area contributed by atoms with Crippen molar-refractivity contribution in [3.05, 3.63) is 54.2 Å². The molecule has 0 saturated heterocycles. The molecule has 0 spiro atoms. The second kappa shape index (κ2) is 15.8. The molecule has 2 atom stereocenters. The maximum Gasteiger partial charge on any atom is 0.113 e. The third kappa shape index (κ3) is 14.0. The minimum Gasteiger partial charge on any atom is -0.366 e. The Morgan fingerprint density at radius 2 is 1.39 bits per heavy atom. The number of hydrogen-bond donors (Lipinski definition) is 0. The van der Waals surface area contributed by atoms with E-state index < -0.39 is 0 Å². The predicted octanol–water partition coefficient (Wildman–Crippen LogP) is 8.60. The molecule has 0 aliphatic carbocycles. The van der Waals surface area contributed by atoms with E-state index in [0.717, 1.165) is 23.3 Å². The van der Waals surface area contributed by atoms with Crippen molar-refractivity contribution < 1.29 is 4.74 Å². The summed E-state index contributed by atoms with van der Waals surface area (Å²) in [5.41, 5.74) is 2.57. The van der Waals surface area contributed by atoms with Crippen LogP contribution in [-0.4, -0.2) is 6.61 Å². The van der Waals surface area contributed by atoms with Crippen LogP contribution in [0.3, 0.4) is 0 Å². The first kappa shape index (κ1) is 25.0. The quantitative estimate of drug-likeness (QED) is 0.204. The molecule has 1 nitrogen and oxygen atoms in total. The van der Waals surface area contributed by atoms with Gasteiger partial charge in [-0.1, -0.05) is 115 Å². The van der Waals surface area contributed by atoms with Crippen molar-refractivity contribution in [1.29, 1.82) is 0 Å². The lowest BCUT2D eigenvalue weighted by Gasteiger charge is -2.15. The first-order valence-corrected chi connectivity index (χ1v) is 11.6. The van der Waals surface area contributed by atoms with E-state index in [4.69, 9.17) is 4.74 Å². The lowest BCUT2D eigenvalue weighted by Crippen LogP contribution is -2.00. The fourth-order valence-electron chi connectivity index (χ4n) is 3.68. The lowest BCUT2D eigenvalue weighted by atomic mass is 9.91. The van der Waals surface area contributed by atoms with E-state index in [1.165, 1.54) is 63.4 Å². The van der Waals surface area contributed by atoms with Gasteiger partial charge in [0, 0.05) is 0 Å². The third-order valence-corrected chi connectivity index (χ3v) is 5.69. The Morgan fingerprint density at radius 3 is 2.00 bits per heavy atom. The molecular weight excluding hydrogens is 340 g/mol. The molecule has 0 aromatic heterocycles. The van der Waals surface area contributed by atoms with Gasteiger partial charge in [0.05, 0.1) is 6.61 Å². The van der Waals surface area contributed by atoms with Gasteiger partial charge in [0.15, 0.2) is 0 Å². The summed E-state index contributed by atoms with van der Waals surface area (Å²) in [6.45, 7) is 14.3. The van der Waals surface area contributed by atoms with Crippen LogP contribution in [0, 0.1) is 24.4 Å². The summed E-state index contributed by atoms with van der Waals surface area (Å²) in [6.07, 6.45) is 14.5. The molecule has 28 heavy (non-hydrogen) atoms. The van der Waals surface area contributed by atoms with Crippen LogP contribution in [-0.2, 0) is 4.74 Å². The molecule has 1 aromatic carbocycles. The van der Waals surface area contributed by atoms with E-state index in [1.54, 1.807) is 0 Å². The van der Waals surface area contributed by atoms with Crippen molar-refractivity contribution in [3.8, 4) is 0 Å². The van der Waals surface area contributed by atoms with Gasteiger partial charge in [-0.15, -0.1) is 0 Å². The first-order chi connectivity index (χ1) is 13.5. The normalized spacial score (nSPS) is 14.4. The number of ether oxygens (including phenoxy) is 1. The minimum atomic E-state index is 0.672. The van der Waals surface area contributed by atoms with Crippen LogP contribution in [0.5, 0.6) is 0 Å². The van der Waals surface area contributed by atoms with Gasteiger partial charge in [-0.3, -0.25) is 0 Å². The van der Waals surface area contributed by atoms with Gasteiger partial charge < -0.3 is 4.74 Å². The zero-order valence-electron chi connectivity index (χ0n) is 19.3. The van der Waals surface area contributed by atoms with Crippen LogP contribution < -0.4 is 0 Å². The molecule has 159 valence electrons. The average molecular weight is 386 g/mol. The molecule has 0 saturated carbocycles. The topological polar surface area (TPSA) is 9.23 Å². The predicted molar refractivity (Wildman–Crippen MR) is 124 cm³/mol. The summed E-state index contributed by atoms with van der Waals surface area (Å²) in [5, 5.41) is 0. The highest BCUT2D eigenvalue weighted by atomic mass is 16.5. The van der Waals surface area contributed by atoms with Gasteiger partial charge in [0.1, 0.15) is 6.61 Å². The fourth-order valence-corrected chi connectivity index (χ4v) is 3.68. The average Bonchev–Trinajstić information content (AvgIpc) is 2.66. The van der Waals surface area contributed by atoms with E-state index in [9.17, 15) is 0 Å². The van der Waals surface area contributed by atoms with E-state index in [1.807, 2.05) is 24.8 Å². The highest BCUT2D eigenvalue weighted by Crippen LogP contribution is 2.22. The van der Waals surface area contributed by atoms with Crippen molar-refractivity contribution in [1.82, 2.24) is 0 Å². The molecule has 1 radical (unpaired) electrons. The number of benzene rings is 1. The molecule has 0 aliphatic heterocycles. The van der Waals surface area contributed by atoms with Crippen LogP contribution in [0.25, 0.3) is 0 Å². The second-order valence-electron chi connectivity index (χ2n) is 9.27. The van der Waals surface area contributed by atoms with Gasteiger partial charge in [0.2, 0.25) is 0 Å². The monoisotopic (exact) mass is 385 g/mol. The number of hydrogen-bond acceptors (Lipinski definition) is 1.